The van der Waals surface area contributed by atoms with Crippen molar-refractivity contribution in [2.24, 2.45) is 0 Å². The van der Waals surface area contributed by atoms with E-state index in [2.05, 4.69) is 92.6 Å². The highest BCUT2D eigenvalue weighted by molar-refractivity contribution is 5.82. The summed E-state index contributed by atoms with van der Waals surface area (Å²) in [6.45, 7) is 21.5. The van der Waals surface area contributed by atoms with Crippen molar-refractivity contribution in [3.63, 3.8) is 0 Å². The van der Waals surface area contributed by atoms with E-state index in [9.17, 15) is 0 Å². The third-order valence-corrected chi connectivity index (χ3v) is 7.51. The maximum Gasteiger partial charge on any atom is 0.0159 e. The van der Waals surface area contributed by atoms with E-state index < -0.39 is 0 Å². The van der Waals surface area contributed by atoms with Crippen LogP contribution >= 0.6 is 0 Å². The van der Waals surface area contributed by atoms with Crippen molar-refractivity contribution in [3.8, 4) is 11.1 Å². The lowest BCUT2D eigenvalue weighted by atomic mass is 9.62. The van der Waals surface area contributed by atoms with E-state index in [0.717, 1.165) is 0 Å². The van der Waals surface area contributed by atoms with Crippen LogP contribution in [-0.4, -0.2) is 0 Å². The fourth-order valence-electron chi connectivity index (χ4n) is 5.26. The first kappa shape index (κ1) is 18.8. The van der Waals surface area contributed by atoms with Crippen molar-refractivity contribution in [1.29, 1.82) is 0 Å². The SMILES string of the molecule is CC(C)(C)c1ccc2c(c1)C(C)(C)c1cc3c(cc1-2)C(C)(C)CCC3(C)C. The highest BCUT2D eigenvalue weighted by atomic mass is 14.5. The van der Waals surface area contributed by atoms with Crippen LogP contribution in [0, 0.1) is 0 Å². The molecule has 0 amide bonds. The van der Waals surface area contributed by atoms with Gasteiger partial charge in [0.2, 0.25) is 0 Å². The summed E-state index contributed by atoms with van der Waals surface area (Å²) >= 11 is 0. The Morgan fingerprint density at radius 2 is 1.15 bits per heavy atom. The van der Waals surface area contributed by atoms with Crippen LogP contribution in [0.3, 0.4) is 0 Å². The van der Waals surface area contributed by atoms with Crippen molar-refractivity contribution in [1.82, 2.24) is 0 Å². The molecule has 2 aliphatic carbocycles. The van der Waals surface area contributed by atoms with Crippen LogP contribution in [0.4, 0.5) is 0 Å². The van der Waals surface area contributed by atoms with E-state index in [0.29, 0.717) is 0 Å². The fraction of sp³-hybridized carbons (Fsp3) is 0.556. The van der Waals surface area contributed by atoms with Crippen LogP contribution < -0.4 is 0 Å². The van der Waals surface area contributed by atoms with Gasteiger partial charge in [-0.3, -0.25) is 0 Å². The summed E-state index contributed by atoms with van der Waals surface area (Å²) in [7, 11) is 0. The van der Waals surface area contributed by atoms with E-state index in [1.807, 2.05) is 0 Å². The first-order chi connectivity index (χ1) is 12.2. The summed E-state index contributed by atoms with van der Waals surface area (Å²) in [6, 6.07) is 12.3. The molecule has 0 atom stereocenters. The van der Waals surface area contributed by atoms with Gasteiger partial charge in [0.05, 0.1) is 0 Å². The molecule has 0 N–H and O–H groups in total. The highest BCUT2D eigenvalue weighted by Gasteiger charge is 2.42. The molecule has 0 bridgehead atoms. The Morgan fingerprint density at radius 1 is 0.630 bits per heavy atom. The lowest BCUT2D eigenvalue weighted by Gasteiger charge is -2.42. The summed E-state index contributed by atoms with van der Waals surface area (Å²) in [5, 5.41) is 0. The van der Waals surface area contributed by atoms with Gasteiger partial charge in [-0.25, -0.2) is 0 Å². The lowest BCUT2D eigenvalue weighted by molar-refractivity contribution is 0.331. The second kappa shape index (κ2) is 5.28. The summed E-state index contributed by atoms with van der Waals surface area (Å²) in [4.78, 5) is 0. The van der Waals surface area contributed by atoms with E-state index in [1.165, 1.54) is 40.7 Å². The van der Waals surface area contributed by atoms with Crippen LogP contribution in [0.25, 0.3) is 11.1 Å². The van der Waals surface area contributed by atoms with Crippen LogP contribution in [0.15, 0.2) is 30.3 Å². The molecule has 0 fully saturated rings. The molecular weight excluding hydrogens is 324 g/mol. The maximum absolute atomic E-state index is 2.57. The molecule has 0 heteroatoms. The zero-order chi connectivity index (χ0) is 20.0. The Kier molecular flexibility index (Phi) is 3.67. The summed E-state index contributed by atoms with van der Waals surface area (Å²) in [5.41, 5.74) is 11.3. The topological polar surface area (TPSA) is 0 Å². The monoisotopic (exact) mass is 360 g/mol. The summed E-state index contributed by atoms with van der Waals surface area (Å²) in [6.07, 6.45) is 2.54. The summed E-state index contributed by atoms with van der Waals surface area (Å²) in [5.74, 6) is 0. The number of benzene rings is 2. The van der Waals surface area contributed by atoms with Gasteiger partial charge in [0.15, 0.2) is 0 Å². The zero-order valence-corrected chi connectivity index (χ0v) is 18.8. The molecule has 2 aromatic carbocycles. The molecule has 0 heterocycles. The van der Waals surface area contributed by atoms with E-state index in [-0.39, 0.29) is 21.7 Å². The van der Waals surface area contributed by atoms with Gasteiger partial charge in [-0.1, -0.05) is 86.6 Å². The van der Waals surface area contributed by atoms with Crippen molar-refractivity contribution >= 4 is 0 Å². The minimum Gasteiger partial charge on any atom is -0.0579 e. The van der Waals surface area contributed by atoms with Crippen LogP contribution in [-0.2, 0) is 21.7 Å². The van der Waals surface area contributed by atoms with Crippen LogP contribution in [0.5, 0.6) is 0 Å². The Hall–Kier alpha value is -1.56. The fourth-order valence-corrected chi connectivity index (χ4v) is 5.26. The average molecular weight is 361 g/mol. The van der Waals surface area contributed by atoms with Gasteiger partial charge in [0.1, 0.15) is 0 Å². The quantitative estimate of drug-likeness (QED) is 0.453. The Morgan fingerprint density at radius 3 is 1.70 bits per heavy atom. The van der Waals surface area contributed by atoms with Gasteiger partial charge in [-0.2, -0.15) is 0 Å². The van der Waals surface area contributed by atoms with Gasteiger partial charge in [0.25, 0.3) is 0 Å². The van der Waals surface area contributed by atoms with Gasteiger partial charge in [-0.05, 0) is 74.1 Å². The molecule has 2 aliphatic rings. The first-order valence-corrected chi connectivity index (χ1v) is 10.6. The Balaban J connectivity index is 2.00. The third-order valence-electron chi connectivity index (χ3n) is 7.51. The number of fused-ring (bicyclic) bond motifs is 4. The van der Waals surface area contributed by atoms with Crippen LogP contribution in [0.2, 0.25) is 0 Å². The molecule has 0 radical (unpaired) electrons. The highest BCUT2D eigenvalue weighted by Crippen LogP contribution is 2.54. The second-order valence-corrected chi connectivity index (χ2v) is 11.8. The zero-order valence-electron chi connectivity index (χ0n) is 18.8. The van der Waals surface area contributed by atoms with E-state index in [4.69, 9.17) is 0 Å². The minimum absolute atomic E-state index is 0.0681. The predicted molar refractivity (Wildman–Crippen MR) is 118 cm³/mol. The van der Waals surface area contributed by atoms with Crippen molar-refractivity contribution in [2.75, 3.05) is 0 Å². The number of hydrogen-bond acceptors (Lipinski definition) is 0. The van der Waals surface area contributed by atoms with Gasteiger partial charge in [0, 0.05) is 5.41 Å². The van der Waals surface area contributed by atoms with Crippen LogP contribution in [0.1, 0.15) is 103 Å². The molecule has 27 heavy (non-hydrogen) atoms. The number of rotatable bonds is 0. The second-order valence-electron chi connectivity index (χ2n) is 11.8. The van der Waals surface area contributed by atoms with Gasteiger partial charge >= 0.3 is 0 Å². The average Bonchev–Trinajstić information content (AvgIpc) is 2.78. The van der Waals surface area contributed by atoms with Crippen molar-refractivity contribution in [3.05, 3.63) is 58.1 Å². The number of hydrogen-bond donors (Lipinski definition) is 0. The first-order valence-electron chi connectivity index (χ1n) is 10.6. The molecule has 144 valence electrons. The minimum atomic E-state index is 0.0681. The standard InChI is InChI=1S/C27H36/c1-24(2,3)17-10-11-18-19-15-22-23(26(6,7)13-12-25(22,4)5)16-21(19)27(8,9)20(18)14-17/h10-11,14-16H,12-13H2,1-9H3. The molecule has 0 unspecified atom stereocenters. The van der Waals surface area contributed by atoms with Crippen molar-refractivity contribution < 1.29 is 0 Å². The normalized spacial score (nSPS) is 21.4. The Bertz CT molecular complexity index is 929. The molecule has 0 saturated heterocycles. The molecule has 4 rings (SSSR count). The molecule has 0 aromatic heterocycles. The predicted octanol–water partition coefficient (Wildman–Crippen LogP) is 7.64. The van der Waals surface area contributed by atoms with E-state index >= 15 is 0 Å². The molecule has 0 saturated carbocycles. The van der Waals surface area contributed by atoms with Gasteiger partial charge in [-0.15, -0.1) is 0 Å². The lowest BCUT2D eigenvalue weighted by Crippen LogP contribution is -2.34. The molecule has 2 aromatic rings. The molecule has 0 nitrogen and oxygen atoms in total. The van der Waals surface area contributed by atoms with Crippen molar-refractivity contribution in [2.45, 2.75) is 96.8 Å². The largest absolute Gasteiger partial charge is 0.0579 e. The summed E-state index contributed by atoms with van der Waals surface area (Å²) < 4.78 is 0. The maximum atomic E-state index is 2.57. The smallest absolute Gasteiger partial charge is 0.0159 e. The van der Waals surface area contributed by atoms with E-state index in [1.54, 1.807) is 11.1 Å². The molecule has 0 spiro atoms. The molecular formula is C27H36. The Labute approximate surface area is 166 Å². The molecule has 0 aliphatic heterocycles. The third kappa shape index (κ3) is 2.63. The van der Waals surface area contributed by atoms with Gasteiger partial charge < -0.3 is 0 Å².